The van der Waals surface area contributed by atoms with Gasteiger partial charge in [-0.15, -0.1) is 11.3 Å². The molecule has 0 aliphatic carbocycles. The first-order valence-electron chi connectivity index (χ1n) is 10.5. The van der Waals surface area contributed by atoms with E-state index in [0.29, 0.717) is 32.8 Å². The lowest BCUT2D eigenvalue weighted by atomic mass is 9.88. The molecule has 0 radical (unpaired) electrons. The highest BCUT2D eigenvalue weighted by Crippen LogP contribution is 2.40. The maximum absolute atomic E-state index is 13.1. The largest absolute Gasteiger partial charge is 0.378 e. The van der Waals surface area contributed by atoms with Crippen molar-refractivity contribution in [1.29, 1.82) is 0 Å². The summed E-state index contributed by atoms with van der Waals surface area (Å²) in [6.07, 6.45) is 5.10. The van der Waals surface area contributed by atoms with E-state index in [9.17, 15) is 4.79 Å². The molecule has 1 amide bonds. The van der Waals surface area contributed by atoms with Gasteiger partial charge in [0.2, 0.25) is 0 Å². The Hall–Kier alpha value is -1.74. The Morgan fingerprint density at radius 1 is 1.24 bits per heavy atom. The summed E-state index contributed by atoms with van der Waals surface area (Å²) < 4.78 is 14.1. The zero-order valence-electron chi connectivity index (χ0n) is 16.9. The first-order chi connectivity index (χ1) is 14.1. The summed E-state index contributed by atoms with van der Waals surface area (Å²) in [7, 11) is 0. The molecule has 1 atom stereocenters. The molecular weight excluding hydrogens is 388 g/mol. The number of thiophene rings is 1. The van der Waals surface area contributed by atoms with Crippen molar-refractivity contribution in [3.63, 3.8) is 0 Å². The molecule has 0 aromatic carbocycles. The van der Waals surface area contributed by atoms with Crippen LogP contribution in [0.2, 0.25) is 0 Å². The summed E-state index contributed by atoms with van der Waals surface area (Å²) in [4.78, 5) is 24.9. The molecule has 1 unspecified atom stereocenters. The predicted octanol–water partition coefficient (Wildman–Crippen LogP) is 2.00. The molecule has 1 spiro atoms. The average molecular weight is 417 g/mol. The van der Waals surface area contributed by atoms with Crippen LogP contribution in [-0.4, -0.2) is 70.8 Å². The lowest BCUT2D eigenvalue weighted by Crippen LogP contribution is -2.55. The number of nitrogens with zero attached hydrogens (tertiary/aromatic N) is 4. The van der Waals surface area contributed by atoms with E-state index in [4.69, 9.17) is 9.47 Å². The molecule has 156 valence electrons. The Kier molecular flexibility index (Phi) is 5.19. The molecule has 5 rings (SSSR count). The summed E-state index contributed by atoms with van der Waals surface area (Å²) in [5, 5.41) is 0. The van der Waals surface area contributed by atoms with Crippen molar-refractivity contribution < 1.29 is 14.3 Å². The summed E-state index contributed by atoms with van der Waals surface area (Å²) in [6, 6.07) is 4.42. The van der Waals surface area contributed by atoms with Crippen LogP contribution in [0.15, 0.2) is 24.5 Å². The van der Waals surface area contributed by atoms with Crippen LogP contribution in [0.25, 0.3) is 0 Å². The number of piperidine rings is 1. The molecule has 3 aliphatic heterocycles. The number of imidazole rings is 1. The quantitative estimate of drug-likeness (QED) is 0.766. The molecule has 0 bridgehead atoms. The SMILES string of the molecule is Cc1ccc(CN2CCC3(CC2)OC(C(=O)N2CCOCC2)Cn2ccnc23)s1. The van der Waals surface area contributed by atoms with Crippen LogP contribution in [0.4, 0.5) is 0 Å². The van der Waals surface area contributed by atoms with Crippen LogP contribution in [0.3, 0.4) is 0 Å². The first kappa shape index (κ1) is 19.2. The fourth-order valence-corrected chi connectivity index (χ4v) is 5.65. The van der Waals surface area contributed by atoms with Crippen molar-refractivity contribution in [1.82, 2.24) is 19.4 Å². The van der Waals surface area contributed by atoms with E-state index in [1.165, 1.54) is 9.75 Å². The van der Waals surface area contributed by atoms with Crippen LogP contribution in [0.1, 0.15) is 28.4 Å². The second-order valence-electron chi connectivity index (χ2n) is 8.23. The average Bonchev–Trinajstić information content (AvgIpc) is 3.39. The van der Waals surface area contributed by atoms with Gasteiger partial charge in [-0.1, -0.05) is 0 Å². The lowest BCUT2D eigenvalue weighted by Gasteiger charge is -2.46. The predicted molar refractivity (Wildman–Crippen MR) is 110 cm³/mol. The van der Waals surface area contributed by atoms with E-state index in [2.05, 4.69) is 33.5 Å². The minimum Gasteiger partial charge on any atom is -0.378 e. The van der Waals surface area contributed by atoms with Crippen LogP contribution < -0.4 is 0 Å². The van der Waals surface area contributed by atoms with Crippen molar-refractivity contribution in [3.8, 4) is 0 Å². The second-order valence-corrected chi connectivity index (χ2v) is 9.60. The molecule has 0 N–H and O–H groups in total. The highest BCUT2D eigenvalue weighted by atomic mass is 32.1. The van der Waals surface area contributed by atoms with Crippen molar-refractivity contribution in [2.45, 2.75) is 44.6 Å². The van der Waals surface area contributed by atoms with Gasteiger partial charge >= 0.3 is 0 Å². The van der Waals surface area contributed by atoms with Gasteiger partial charge in [0, 0.05) is 54.9 Å². The molecule has 8 heteroatoms. The lowest BCUT2D eigenvalue weighted by molar-refractivity contribution is -0.183. The number of hydrogen-bond acceptors (Lipinski definition) is 6. The van der Waals surface area contributed by atoms with Crippen LogP contribution in [0, 0.1) is 6.92 Å². The molecule has 3 aliphatic rings. The number of aryl methyl sites for hydroxylation is 1. The van der Waals surface area contributed by atoms with Gasteiger partial charge in [-0.2, -0.15) is 0 Å². The van der Waals surface area contributed by atoms with E-state index in [-0.39, 0.29) is 5.91 Å². The van der Waals surface area contributed by atoms with Crippen LogP contribution in [0.5, 0.6) is 0 Å². The molecule has 29 heavy (non-hydrogen) atoms. The Balaban J connectivity index is 1.30. The number of likely N-dealkylation sites (tertiary alicyclic amines) is 1. The molecular formula is C21H28N4O3S. The van der Waals surface area contributed by atoms with Gasteiger partial charge in [0.05, 0.1) is 19.8 Å². The fourth-order valence-electron chi connectivity index (χ4n) is 4.72. The number of aromatic nitrogens is 2. The normalized spacial score (nSPS) is 24.6. The molecule has 0 saturated carbocycles. The van der Waals surface area contributed by atoms with E-state index < -0.39 is 11.7 Å². The maximum atomic E-state index is 13.1. The summed E-state index contributed by atoms with van der Waals surface area (Å²) in [6.45, 7) is 8.09. The molecule has 2 aromatic heterocycles. The molecule has 5 heterocycles. The van der Waals surface area contributed by atoms with Gasteiger partial charge in [-0.3, -0.25) is 9.69 Å². The first-order valence-corrected chi connectivity index (χ1v) is 11.3. The van der Waals surface area contributed by atoms with Gasteiger partial charge in [-0.05, 0) is 31.9 Å². The standard InChI is InChI=1S/C21H28N4O3S/c1-16-2-3-17(29-16)14-23-7-4-21(5-8-23)20-22-6-9-25(20)15-18(28-21)19(26)24-10-12-27-13-11-24/h2-3,6,9,18H,4-5,7-8,10-15H2,1H3. The Labute approximate surface area is 175 Å². The number of ether oxygens (including phenoxy) is 2. The number of hydrogen-bond donors (Lipinski definition) is 0. The third-order valence-electron chi connectivity index (χ3n) is 6.29. The summed E-state index contributed by atoms with van der Waals surface area (Å²) >= 11 is 1.87. The number of carbonyl (C=O) groups is 1. The van der Waals surface area contributed by atoms with Gasteiger partial charge < -0.3 is 18.9 Å². The Bertz CT molecular complexity index is 865. The Morgan fingerprint density at radius 2 is 2.03 bits per heavy atom. The highest BCUT2D eigenvalue weighted by Gasteiger charge is 2.47. The molecule has 2 aromatic rings. The number of morpholine rings is 1. The number of rotatable bonds is 3. The van der Waals surface area contributed by atoms with Gasteiger partial charge in [0.15, 0.2) is 6.10 Å². The van der Waals surface area contributed by atoms with Gasteiger partial charge in [0.1, 0.15) is 11.4 Å². The fraction of sp³-hybridized carbons (Fsp3) is 0.619. The van der Waals surface area contributed by atoms with Gasteiger partial charge in [-0.25, -0.2) is 4.98 Å². The third kappa shape index (κ3) is 3.74. The maximum Gasteiger partial charge on any atom is 0.253 e. The minimum atomic E-state index is -0.462. The summed E-state index contributed by atoms with van der Waals surface area (Å²) in [5.74, 6) is 1.07. The van der Waals surface area contributed by atoms with Crippen LogP contribution >= 0.6 is 11.3 Å². The topological polar surface area (TPSA) is 59.8 Å². The van der Waals surface area contributed by atoms with Gasteiger partial charge in [0.25, 0.3) is 5.91 Å². The molecule has 2 fully saturated rings. The zero-order chi connectivity index (χ0) is 19.8. The van der Waals surface area contributed by atoms with Crippen molar-refractivity contribution in [2.24, 2.45) is 0 Å². The number of fused-ring (bicyclic) bond motifs is 2. The van der Waals surface area contributed by atoms with E-state index in [1.54, 1.807) is 0 Å². The van der Waals surface area contributed by atoms with Crippen LogP contribution in [-0.2, 0) is 33.0 Å². The summed E-state index contributed by atoms with van der Waals surface area (Å²) in [5.41, 5.74) is -0.462. The minimum absolute atomic E-state index is 0.0866. The van der Waals surface area contributed by atoms with Crippen molar-refractivity contribution in [2.75, 3.05) is 39.4 Å². The third-order valence-corrected chi connectivity index (χ3v) is 7.28. The van der Waals surface area contributed by atoms with E-state index in [1.807, 2.05) is 28.6 Å². The highest BCUT2D eigenvalue weighted by molar-refractivity contribution is 7.11. The monoisotopic (exact) mass is 416 g/mol. The zero-order valence-corrected chi connectivity index (χ0v) is 17.7. The van der Waals surface area contributed by atoms with E-state index >= 15 is 0 Å². The van der Waals surface area contributed by atoms with Crippen molar-refractivity contribution in [3.05, 3.63) is 40.1 Å². The Morgan fingerprint density at radius 3 is 2.76 bits per heavy atom. The molecule has 7 nitrogen and oxygen atoms in total. The molecule has 2 saturated heterocycles. The number of carbonyl (C=O) groups excluding carboxylic acids is 1. The van der Waals surface area contributed by atoms with E-state index in [0.717, 1.165) is 38.3 Å². The second kappa shape index (κ2) is 7.83. The number of amides is 1. The smallest absolute Gasteiger partial charge is 0.253 e. The van der Waals surface area contributed by atoms with Crippen molar-refractivity contribution >= 4 is 17.2 Å².